The summed E-state index contributed by atoms with van der Waals surface area (Å²) in [5.74, 6) is 0. The highest BCUT2D eigenvalue weighted by atomic mass is 32.1. The Kier molecular flexibility index (Phi) is 5.28. The lowest BCUT2D eigenvalue weighted by Crippen LogP contribution is -2.50. The van der Waals surface area contributed by atoms with E-state index in [0.717, 1.165) is 32.6 Å². The van der Waals surface area contributed by atoms with Crippen molar-refractivity contribution in [2.75, 3.05) is 31.6 Å². The monoisotopic (exact) mass is 310 g/mol. The molecule has 1 atom stereocenters. The number of thiazole rings is 1. The minimum atomic E-state index is 0.150. The number of rotatable bonds is 4. The largest absolute Gasteiger partial charge is 0.345 e. The van der Waals surface area contributed by atoms with Gasteiger partial charge in [0.2, 0.25) is 0 Å². The molecule has 0 bridgehead atoms. The molecule has 0 aliphatic carbocycles. The minimum Gasteiger partial charge on any atom is -0.345 e. The smallest absolute Gasteiger partial charge is 0.185 e. The van der Waals surface area contributed by atoms with Crippen LogP contribution in [-0.2, 0) is 13.0 Å². The Hall–Kier alpha value is -0.650. The van der Waals surface area contributed by atoms with Crippen molar-refractivity contribution in [2.24, 2.45) is 0 Å². The fraction of sp³-hybridized carbons (Fsp3) is 0.812. The van der Waals surface area contributed by atoms with Crippen LogP contribution >= 0.6 is 11.3 Å². The van der Waals surface area contributed by atoms with Gasteiger partial charge in [0.15, 0.2) is 5.13 Å². The minimum absolute atomic E-state index is 0.150. The van der Waals surface area contributed by atoms with Crippen molar-refractivity contribution >= 4 is 16.5 Å². The van der Waals surface area contributed by atoms with E-state index in [1.807, 2.05) is 11.3 Å². The van der Waals surface area contributed by atoms with Crippen LogP contribution in [0.2, 0.25) is 0 Å². The summed E-state index contributed by atoms with van der Waals surface area (Å²) in [7, 11) is 2.21. The summed E-state index contributed by atoms with van der Waals surface area (Å²) < 4.78 is 0. The Bertz CT molecular complexity index is 463. The zero-order valence-corrected chi connectivity index (χ0v) is 15.2. The summed E-state index contributed by atoms with van der Waals surface area (Å²) >= 11 is 1.87. The second-order valence-corrected chi connectivity index (χ2v) is 8.16. The number of hydrogen-bond acceptors (Lipinski definition) is 5. The molecule has 0 radical (unpaired) electrons. The molecule has 1 unspecified atom stereocenters. The van der Waals surface area contributed by atoms with Crippen LogP contribution in [0.5, 0.6) is 0 Å². The van der Waals surface area contributed by atoms with Gasteiger partial charge in [-0.05, 0) is 41.2 Å². The number of anilines is 1. The molecule has 1 saturated heterocycles. The summed E-state index contributed by atoms with van der Waals surface area (Å²) in [6.07, 6.45) is 1.01. The number of likely N-dealkylation sites (N-methyl/N-ethyl adjacent to an activating group) is 1. The molecule has 0 spiro atoms. The van der Waals surface area contributed by atoms with Gasteiger partial charge >= 0.3 is 0 Å². The zero-order chi connectivity index (χ0) is 15.6. The van der Waals surface area contributed by atoms with Crippen LogP contribution in [0.4, 0.5) is 5.13 Å². The zero-order valence-electron chi connectivity index (χ0n) is 14.4. The van der Waals surface area contributed by atoms with Gasteiger partial charge in [0.1, 0.15) is 0 Å². The van der Waals surface area contributed by atoms with E-state index in [9.17, 15) is 0 Å². The predicted molar refractivity (Wildman–Crippen MR) is 92.4 cm³/mol. The maximum Gasteiger partial charge on any atom is 0.185 e. The summed E-state index contributed by atoms with van der Waals surface area (Å²) in [4.78, 5) is 11.2. The fourth-order valence-corrected chi connectivity index (χ4v) is 3.61. The quantitative estimate of drug-likeness (QED) is 0.926. The van der Waals surface area contributed by atoms with Gasteiger partial charge in [-0.3, -0.25) is 0 Å². The Morgan fingerprint density at radius 1 is 1.33 bits per heavy atom. The highest BCUT2D eigenvalue weighted by molar-refractivity contribution is 7.15. The number of hydrogen-bond donors (Lipinski definition) is 1. The van der Waals surface area contributed by atoms with Crippen LogP contribution in [0.25, 0.3) is 0 Å². The van der Waals surface area contributed by atoms with Crippen molar-refractivity contribution in [3.8, 4) is 0 Å². The van der Waals surface area contributed by atoms with E-state index >= 15 is 0 Å². The molecule has 4 nitrogen and oxygen atoms in total. The Labute approximate surface area is 133 Å². The van der Waals surface area contributed by atoms with Crippen molar-refractivity contribution < 1.29 is 0 Å². The van der Waals surface area contributed by atoms with Crippen LogP contribution in [0.3, 0.4) is 0 Å². The lowest BCUT2D eigenvalue weighted by atomic mass is 10.1. The van der Waals surface area contributed by atoms with Gasteiger partial charge in [-0.15, -0.1) is 11.3 Å². The van der Waals surface area contributed by atoms with E-state index in [2.05, 4.69) is 56.8 Å². The van der Waals surface area contributed by atoms with E-state index in [1.54, 1.807) is 0 Å². The molecule has 1 aromatic rings. The molecular weight excluding hydrogens is 280 g/mol. The Balaban J connectivity index is 2.09. The average Bonchev–Trinajstić information content (AvgIpc) is 2.82. The third kappa shape index (κ3) is 4.41. The SMILES string of the molecule is CCc1nc(N2CCN(C)C(C)C2)sc1CNC(C)(C)C. The topological polar surface area (TPSA) is 31.4 Å². The molecule has 1 aromatic heterocycles. The molecule has 2 rings (SSSR count). The molecule has 1 fully saturated rings. The van der Waals surface area contributed by atoms with Crippen molar-refractivity contribution in [3.63, 3.8) is 0 Å². The third-order valence-corrected chi connectivity index (χ3v) is 5.27. The highest BCUT2D eigenvalue weighted by Crippen LogP contribution is 2.28. The van der Waals surface area contributed by atoms with E-state index in [4.69, 9.17) is 4.98 Å². The van der Waals surface area contributed by atoms with Gasteiger partial charge in [-0.25, -0.2) is 4.98 Å². The number of nitrogens with zero attached hydrogens (tertiary/aromatic N) is 3. The van der Waals surface area contributed by atoms with Crippen molar-refractivity contribution in [1.82, 2.24) is 15.2 Å². The molecule has 21 heavy (non-hydrogen) atoms. The molecule has 0 saturated carbocycles. The lowest BCUT2D eigenvalue weighted by molar-refractivity contribution is 0.234. The van der Waals surface area contributed by atoms with E-state index in [1.165, 1.54) is 15.7 Å². The molecule has 5 heteroatoms. The maximum atomic E-state index is 4.90. The lowest BCUT2D eigenvalue weighted by Gasteiger charge is -2.37. The second-order valence-electron chi connectivity index (χ2n) is 7.10. The fourth-order valence-electron chi connectivity index (χ4n) is 2.49. The van der Waals surface area contributed by atoms with Crippen LogP contribution < -0.4 is 10.2 Å². The van der Waals surface area contributed by atoms with Crippen LogP contribution in [0, 0.1) is 0 Å². The predicted octanol–water partition coefficient (Wildman–Crippen LogP) is 2.73. The van der Waals surface area contributed by atoms with Crippen molar-refractivity contribution in [2.45, 2.75) is 59.2 Å². The van der Waals surface area contributed by atoms with Gasteiger partial charge in [-0.1, -0.05) is 6.92 Å². The number of piperazine rings is 1. The number of aryl methyl sites for hydroxylation is 1. The molecule has 2 heterocycles. The van der Waals surface area contributed by atoms with Crippen molar-refractivity contribution in [3.05, 3.63) is 10.6 Å². The van der Waals surface area contributed by atoms with Gasteiger partial charge in [-0.2, -0.15) is 0 Å². The average molecular weight is 311 g/mol. The number of aromatic nitrogens is 1. The van der Waals surface area contributed by atoms with Crippen LogP contribution in [0.15, 0.2) is 0 Å². The molecule has 120 valence electrons. The molecular formula is C16H30N4S. The van der Waals surface area contributed by atoms with Crippen LogP contribution in [0.1, 0.15) is 45.2 Å². The standard InChI is InChI=1S/C16H30N4S/c1-7-13-14(10-17-16(3,4)5)21-15(18-13)20-9-8-19(6)12(2)11-20/h12,17H,7-11H2,1-6H3. The normalized spacial score (nSPS) is 21.0. The van der Waals surface area contributed by atoms with E-state index < -0.39 is 0 Å². The molecule has 0 amide bonds. The highest BCUT2D eigenvalue weighted by Gasteiger charge is 2.24. The molecule has 1 aliphatic heterocycles. The first-order chi connectivity index (χ1) is 9.80. The summed E-state index contributed by atoms with van der Waals surface area (Å²) in [6.45, 7) is 15.3. The van der Waals surface area contributed by atoms with Gasteiger partial charge in [0, 0.05) is 42.6 Å². The van der Waals surface area contributed by atoms with E-state index in [0.29, 0.717) is 6.04 Å². The summed E-state index contributed by atoms with van der Waals surface area (Å²) in [6, 6.07) is 0.601. The van der Waals surface area contributed by atoms with Gasteiger partial charge in [0.05, 0.1) is 5.69 Å². The first kappa shape index (κ1) is 16.7. The molecule has 1 aliphatic rings. The van der Waals surface area contributed by atoms with E-state index in [-0.39, 0.29) is 5.54 Å². The Morgan fingerprint density at radius 2 is 2.05 bits per heavy atom. The maximum absolute atomic E-state index is 4.90. The van der Waals surface area contributed by atoms with Crippen molar-refractivity contribution in [1.29, 1.82) is 0 Å². The number of nitrogens with one attached hydrogen (secondary N) is 1. The van der Waals surface area contributed by atoms with Gasteiger partial charge in [0.25, 0.3) is 0 Å². The first-order valence-electron chi connectivity index (χ1n) is 7.99. The summed E-state index contributed by atoms with van der Waals surface area (Å²) in [5, 5.41) is 4.79. The summed E-state index contributed by atoms with van der Waals surface area (Å²) in [5.41, 5.74) is 1.41. The first-order valence-corrected chi connectivity index (χ1v) is 8.80. The van der Waals surface area contributed by atoms with Gasteiger partial charge < -0.3 is 15.1 Å². The molecule has 1 N–H and O–H groups in total. The third-order valence-electron chi connectivity index (χ3n) is 4.11. The molecule has 0 aromatic carbocycles. The Morgan fingerprint density at radius 3 is 2.62 bits per heavy atom. The second kappa shape index (κ2) is 6.63. The van der Waals surface area contributed by atoms with Crippen LogP contribution in [-0.4, -0.2) is 48.1 Å².